The summed E-state index contributed by atoms with van der Waals surface area (Å²) < 4.78 is 2.32. The summed E-state index contributed by atoms with van der Waals surface area (Å²) in [5.74, 6) is 0. The summed E-state index contributed by atoms with van der Waals surface area (Å²) in [5, 5.41) is 1.38. The monoisotopic (exact) mass is 216 g/mol. The Kier molecular flexibility index (Phi) is 3.30. The van der Waals surface area contributed by atoms with Crippen molar-refractivity contribution in [2.24, 2.45) is 5.73 Å². The molecule has 0 aliphatic heterocycles. The Balaban J connectivity index is 2.45. The van der Waals surface area contributed by atoms with Crippen molar-refractivity contribution in [2.45, 2.75) is 32.7 Å². The maximum absolute atomic E-state index is 5.57. The van der Waals surface area contributed by atoms with Gasteiger partial charge in [0.15, 0.2) is 0 Å². The Morgan fingerprint density at radius 3 is 2.75 bits per heavy atom. The Morgan fingerprint density at radius 1 is 1.25 bits per heavy atom. The minimum atomic E-state index is 0.516. The van der Waals surface area contributed by atoms with Gasteiger partial charge in [-0.05, 0) is 50.9 Å². The summed E-state index contributed by atoms with van der Waals surface area (Å²) in [6.07, 6.45) is 4.32. The molecule has 0 radical (unpaired) electrons. The first-order valence-electron chi connectivity index (χ1n) is 6.02. The second kappa shape index (κ2) is 4.71. The predicted molar refractivity (Wildman–Crippen MR) is 69.7 cm³/mol. The van der Waals surface area contributed by atoms with Crippen molar-refractivity contribution in [1.29, 1.82) is 0 Å². The zero-order valence-electron chi connectivity index (χ0n) is 10.1. The lowest BCUT2D eigenvalue weighted by Crippen LogP contribution is -2.01. The Morgan fingerprint density at radius 2 is 2.06 bits per heavy atom. The van der Waals surface area contributed by atoms with E-state index in [-0.39, 0.29) is 0 Å². The molecule has 0 aliphatic rings. The lowest BCUT2D eigenvalue weighted by atomic mass is 10.1. The number of nitrogens with two attached hydrogens (primary N) is 1. The van der Waals surface area contributed by atoms with Crippen LogP contribution in [0.4, 0.5) is 0 Å². The number of nitrogens with zero attached hydrogens (tertiary/aromatic N) is 1. The van der Waals surface area contributed by atoms with Gasteiger partial charge in [0, 0.05) is 23.1 Å². The van der Waals surface area contributed by atoms with E-state index in [9.17, 15) is 0 Å². The molecule has 0 bridgehead atoms. The average Bonchev–Trinajstić information content (AvgIpc) is 2.70. The molecule has 2 rings (SSSR count). The van der Waals surface area contributed by atoms with Crippen LogP contribution in [0, 0.1) is 0 Å². The predicted octanol–water partition coefficient (Wildman–Crippen LogP) is 3.11. The number of aromatic nitrogens is 1. The highest BCUT2D eigenvalue weighted by Crippen LogP contribution is 2.24. The lowest BCUT2D eigenvalue weighted by molar-refractivity contribution is 0.623. The van der Waals surface area contributed by atoms with Gasteiger partial charge in [-0.3, -0.25) is 0 Å². The normalized spacial score (nSPS) is 11.5. The van der Waals surface area contributed by atoms with Gasteiger partial charge >= 0.3 is 0 Å². The minimum absolute atomic E-state index is 0.516. The number of hydrogen-bond donors (Lipinski definition) is 1. The molecule has 16 heavy (non-hydrogen) atoms. The Labute approximate surface area is 97.1 Å². The van der Waals surface area contributed by atoms with Gasteiger partial charge in [0.05, 0.1) is 0 Å². The summed E-state index contributed by atoms with van der Waals surface area (Å²) >= 11 is 0. The number of fused-ring (bicyclic) bond motifs is 1. The zero-order valence-corrected chi connectivity index (χ0v) is 10.1. The maximum Gasteiger partial charge on any atom is 0.0485 e. The topological polar surface area (TPSA) is 30.9 Å². The van der Waals surface area contributed by atoms with Gasteiger partial charge in [-0.1, -0.05) is 12.1 Å². The molecule has 0 atom stereocenters. The van der Waals surface area contributed by atoms with E-state index in [1.165, 1.54) is 16.5 Å². The van der Waals surface area contributed by atoms with Gasteiger partial charge in [0.2, 0.25) is 0 Å². The molecule has 2 N–H and O–H groups in total. The Hall–Kier alpha value is -1.28. The molecule has 0 spiro atoms. The maximum atomic E-state index is 5.57. The molecule has 0 saturated carbocycles. The minimum Gasteiger partial charge on any atom is -0.345 e. The molecule has 0 saturated heterocycles. The third kappa shape index (κ3) is 1.98. The largest absolute Gasteiger partial charge is 0.345 e. The van der Waals surface area contributed by atoms with Crippen molar-refractivity contribution in [2.75, 3.05) is 6.54 Å². The Bertz CT molecular complexity index is 469. The second-order valence-corrected chi connectivity index (χ2v) is 4.56. The van der Waals surface area contributed by atoms with Crippen LogP contribution in [-0.2, 0) is 6.42 Å². The summed E-state index contributed by atoms with van der Waals surface area (Å²) in [6.45, 7) is 5.19. The van der Waals surface area contributed by atoms with Crippen LogP contribution >= 0.6 is 0 Å². The van der Waals surface area contributed by atoms with Gasteiger partial charge in [0.25, 0.3) is 0 Å². The van der Waals surface area contributed by atoms with Crippen LogP contribution in [0.25, 0.3) is 10.9 Å². The van der Waals surface area contributed by atoms with E-state index in [1.54, 1.807) is 0 Å². The highest BCUT2D eigenvalue weighted by molar-refractivity contribution is 5.83. The third-order valence-electron chi connectivity index (χ3n) is 3.06. The zero-order chi connectivity index (χ0) is 11.5. The standard InChI is InChI=1S/C14H20N2/c1-11(2)16-10-8-13-12(6-4-9-15)5-3-7-14(13)16/h3,5,7-8,10-11H,4,6,9,15H2,1-2H3. The molecule has 1 aromatic heterocycles. The highest BCUT2D eigenvalue weighted by atomic mass is 15.0. The fourth-order valence-electron chi connectivity index (χ4n) is 2.21. The average molecular weight is 216 g/mol. The molecule has 2 nitrogen and oxygen atoms in total. The van der Waals surface area contributed by atoms with E-state index in [0.717, 1.165) is 19.4 Å². The fourth-order valence-corrected chi connectivity index (χ4v) is 2.21. The summed E-state index contributed by atoms with van der Waals surface area (Å²) in [6, 6.07) is 9.29. The van der Waals surface area contributed by atoms with E-state index < -0.39 is 0 Å². The van der Waals surface area contributed by atoms with Crippen molar-refractivity contribution < 1.29 is 0 Å². The summed E-state index contributed by atoms with van der Waals surface area (Å²) in [5.41, 5.74) is 8.33. The molecule has 2 aromatic rings. The number of benzene rings is 1. The quantitative estimate of drug-likeness (QED) is 0.836. The van der Waals surface area contributed by atoms with E-state index in [1.807, 2.05) is 0 Å². The van der Waals surface area contributed by atoms with Gasteiger partial charge in [0.1, 0.15) is 0 Å². The first-order valence-corrected chi connectivity index (χ1v) is 6.02. The SMILES string of the molecule is CC(C)n1ccc2c(CCCN)cccc21. The van der Waals surface area contributed by atoms with E-state index in [0.29, 0.717) is 6.04 Å². The van der Waals surface area contributed by atoms with Crippen LogP contribution in [0.15, 0.2) is 30.5 Å². The van der Waals surface area contributed by atoms with E-state index in [2.05, 4.69) is 48.9 Å². The van der Waals surface area contributed by atoms with Crippen LogP contribution < -0.4 is 5.73 Å². The molecule has 0 fully saturated rings. The number of rotatable bonds is 4. The summed E-state index contributed by atoms with van der Waals surface area (Å²) in [7, 11) is 0. The first-order chi connectivity index (χ1) is 7.74. The van der Waals surface area contributed by atoms with Gasteiger partial charge in [-0.25, -0.2) is 0 Å². The molecule has 2 heteroatoms. The van der Waals surface area contributed by atoms with Crippen molar-refractivity contribution in [3.05, 3.63) is 36.0 Å². The van der Waals surface area contributed by atoms with Gasteiger partial charge < -0.3 is 10.3 Å². The molecule has 1 aromatic carbocycles. The molecule has 1 heterocycles. The van der Waals surface area contributed by atoms with Gasteiger partial charge in [-0.15, -0.1) is 0 Å². The smallest absolute Gasteiger partial charge is 0.0485 e. The van der Waals surface area contributed by atoms with Crippen LogP contribution in [0.1, 0.15) is 31.9 Å². The molecule has 0 aliphatic carbocycles. The second-order valence-electron chi connectivity index (χ2n) is 4.56. The third-order valence-corrected chi connectivity index (χ3v) is 3.06. The number of aryl methyl sites for hydroxylation is 1. The molecule has 0 unspecified atom stereocenters. The van der Waals surface area contributed by atoms with Crippen molar-refractivity contribution in [1.82, 2.24) is 4.57 Å². The van der Waals surface area contributed by atoms with Gasteiger partial charge in [-0.2, -0.15) is 0 Å². The van der Waals surface area contributed by atoms with E-state index >= 15 is 0 Å². The lowest BCUT2D eigenvalue weighted by Gasteiger charge is -2.10. The van der Waals surface area contributed by atoms with Crippen LogP contribution in [-0.4, -0.2) is 11.1 Å². The summed E-state index contributed by atoms with van der Waals surface area (Å²) in [4.78, 5) is 0. The van der Waals surface area contributed by atoms with Crippen molar-refractivity contribution in [3.63, 3.8) is 0 Å². The molecule has 0 amide bonds. The van der Waals surface area contributed by atoms with Crippen LogP contribution in [0.3, 0.4) is 0 Å². The fraction of sp³-hybridized carbons (Fsp3) is 0.429. The van der Waals surface area contributed by atoms with Crippen molar-refractivity contribution >= 4 is 10.9 Å². The highest BCUT2D eigenvalue weighted by Gasteiger charge is 2.06. The first kappa shape index (κ1) is 11.2. The van der Waals surface area contributed by atoms with Crippen molar-refractivity contribution in [3.8, 4) is 0 Å². The van der Waals surface area contributed by atoms with Crippen LogP contribution in [0.2, 0.25) is 0 Å². The van der Waals surface area contributed by atoms with E-state index in [4.69, 9.17) is 5.73 Å². The molecule has 86 valence electrons. The molecular weight excluding hydrogens is 196 g/mol. The number of hydrogen-bond acceptors (Lipinski definition) is 1. The molecular formula is C14H20N2. The van der Waals surface area contributed by atoms with Crippen LogP contribution in [0.5, 0.6) is 0 Å².